The zero-order chi connectivity index (χ0) is 17.6. The lowest BCUT2D eigenvalue weighted by molar-refractivity contribution is 0.242. The second-order valence-corrected chi connectivity index (χ2v) is 7.35. The van der Waals surface area contributed by atoms with Crippen molar-refractivity contribution in [1.29, 1.82) is 0 Å². The number of H-pyrrole nitrogens is 2. The first-order valence-electron chi connectivity index (χ1n) is 8.92. The van der Waals surface area contributed by atoms with Crippen molar-refractivity contribution in [2.45, 2.75) is 46.2 Å². The molecule has 0 amide bonds. The first kappa shape index (κ1) is 16.1. The molecule has 0 saturated carbocycles. The van der Waals surface area contributed by atoms with E-state index in [9.17, 15) is 4.79 Å². The van der Waals surface area contributed by atoms with Crippen molar-refractivity contribution in [3.05, 3.63) is 63.0 Å². The number of aromatic amines is 2. The quantitative estimate of drug-likeness (QED) is 0.772. The number of nitrogens with zero attached hydrogens (tertiary/aromatic N) is 2. The Labute approximate surface area is 147 Å². The molecule has 0 spiro atoms. The molecule has 1 aliphatic rings. The molecule has 0 fully saturated rings. The van der Waals surface area contributed by atoms with Crippen LogP contribution in [-0.2, 0) is 19.5 Å². The molecule has 5 nitrogen and oxygen atoms in total. The van der Waals surface area contributed by atoms with Crippen LogP contribution in [0.4, 0.5) is 0 Å². The maximum Gasteiger partial charge on any atom is 0.255 e. The SMILES string of the molecule is Cc1ccc2[nH]cc(CN3CCc4nc(C(C)C)[nH]c(=O)c4C3)c2c1. The van der Waals surface area contributed by atoms with E-state index >= 15 is 0 Å². The van der Waals surface area contributed by atoms with Crippen molar-refractivity contribution in [2.24, 2.45) is 0 Å². The van der Waals surface area contributed by atoms with Crippen LogP contribution >= 0.6 is 0 Å². The van der Waals surface area contributed by atoms with Crippen molar-refractivity contribution < 1.29 is 0 Å². The van der Waals surface area contributed by atoms with Gasteiger partial charge in [-0.25, -0.2) is 4.98 Å². The number of hydrogen-bond acceptors (Lipinski definition) is 3. The molecule has 3 heterocycles. The normalized spacial score (nSPS) is 15.0. The molecule has 0 bridgehead atoms. The summed E-state index contributed by atoms with van der Waals surface area (Å²) >= 11 is 0. The minimum atomic E-state index is 0.0215. The zero-order valence-electron chi connectivity index (χ0n) is 15.0. The van der Waals surface area contributed by atoms with Crippen LogP contribution in [0.1, 0.15) is 48.0 Å². The molecule has 0 unspecified atom stereocenters. The van der Waals surface area contributed by atoms with Gasteiger partial charge in [0.15, 0.2) is 0 Å². The van der Waals surface area contributed by atoms with Crippen LogP contribution in [0, 0.1) is 6.92 Å². The van der Waals surface area contributed by atoms with E-state index in [2.05, 4.69) is 65.0 Å². The lowest BCUT2D eigenvalue weighted by atomic mass is 10.0. The Kier molecular flexibility index (Phi) is 3.96. The molecular formula is C20H24N4O. The van der Waals surface area contributed by atoms with E-state index in [1.807, 2.05) is 0 Å². The number of fused-ring (bicyclic) bond motifs is 2. The third-order valence-corrected chi connectivity index (χ3v) is 5.03. The average molecular weight is 336 g/mol. The molecule has 25 heavy (non-hydrogen) atoms. The molecule has 0 saturated heterocycles. The van der Waals surface area contributed by atoms with Crippen LogP contribution in [0.25, 0.3) is 10.9 Å². The Morgan fingerprint density at radius 2 is 2.16 bits per heavy atom. The van der Waals surface area contributed by atoms with Crippen LogP contribution in [0.15, 0.2) is 29.2 Å². The summed E-state index contributed by atoms with van der Waals surface area (Å²) in [7, 11) is 0. The minimum Gasteiger partial charge on any atom is -0.361 e. The summed E-state index contributed by atoms with van der Waals surface area (Å²) in [6, 6.07) is 6.47. The Balaban J connectivity index is 1.60. The third-order valence-electron chi connectivity index (χ3n) is 5.03. The molecule has 2 aromatic heterocycles. The highest BCUT2D eigenvalue weighted by Gasteiger charge is 2.22. The summed E-state index contributed by atoms with van der Waals surface area (Å²) in [5.41, 5.74) is 5.53. The third kappa shape index (κ3) is 3.00. The molecule has 1 aromatic carbocycles. The van der Waals surface area contributed by atoms with Gasteiger partial charge >= 0.3 is 0 Å². The predicted octanol–water partition coefficient (Wildman–Crippen LogP) is 3.24. The van der Waals surface area contributed by atoms with Gasteiger partial charge in [0.25, 0.3) is 5.56 Å². The van der Waals surface area contributed by atoms with E-state index in [-0.39, 0.29) is 11.5 Å². The first-order chi connectivity index (χ1) is 12.0. The fourth-order valence-electron chi connectivity index (χ4n) is 3.57. The second kappa shape index (κ2) is 6.15. The second-order valence-electron chi connectivity index (χ2n) is 7.35. The number of hydrogen-bond donors (Lipinski definition) is 2. The summed E-state index contributed by atoms with van der Waals surface area (Å²) in [6.45, 7) is 8.66. The Morgan fingerprint density at radius 3 is 2.96 bits per heavy atom. The van der Waals surface area contributed by atoms with Crippen molar-refractivity contribution >= 4 is 10.9 Å². The number of benzene rings is 1. The van der Waals surface area contributed by atoms with Crippen LogP contribution < -0.4 is 5.56 Å². The highest BCUT2D eigenvalue weighted by Crippen LogP contribution is 2.23. The number of aromatic nitrogens is 3. The van der Waals surface area contributed by atoms with Gasteiger partial charge in [-0.1, -0.05) is 25.5 Å². The van der Waals surface area contributed by atoms with E-state index in [1.54, 1.807) is 0 Å². The molecule has 3 aromatic rings. The molecule has 0 radical (unpaired) electrons. The lowest BCUT2D eigenvalue weighted by Crippen LogP contribution is -2.35. The molecule has 2 N–H and O–H groups in total. The van der Waals surface area contributed by atoms with Crippen molar-refractivity contribution in [3.8, 4) is 0 Å². The lowest BCUT2D eigenvalue weighted by Gasteiger charge is -2.27. The summed E-state index contributed by atoms with van der Waals surface area (Å²) in [5.74, 6) is 1.04. The summed E-state index contributed by atoms with van der Waals surface area (Å²) in [5, 5.41) is 1.27. The van der Waals surface area contributed by atoms with Gasteiger partial charge in [0.1, 0.15) is 5.82 Å². The highest BCUT2D eigenvalue weighted by atomic mass is 16.1. The number of nitrogens with one attached hydrogen (secondary N) is 2. The molecule has 4 rings (SSSR count). The molecule has 5 heteroatoms. The average Bonchev–Trinajstić information content (AvgIpc) is 2.97. The highest BCUT2D eigenvalue weighted by molar-refractivity contribution is 5.83. The Bertz CT molecular complexity index is 983. The molecule has 130 valence electrons. The van der Waals surface area contributed by atoms with Crippen LogP contribution in [0.3, 0.4) is 0 Å². The van der Waals surface area contributed by atoms with Crippen LogP contribution in [-0.4, -0.2) is 26.4 Å². The fraction of sp³-hybridized carbons (Fsp3) is 0.400. The largest absolute Gasteiger partial charge is 0.361 e. The van der Waals surface area contributed by atoms with E-state index in [0.717, 1.165) is 36.6 Å². The summed E-state index contributed by atoms with van der Waals surface area (Å²) < 4.78 is 0. The monoisotopic (exact) mass is 336 g/mol. The van der Waals surface area contributed by atoms with Gasteiger partial charge in [-0.15, -0.1) is 0 Å². The number of rotatable bonds is 3. The van der Waals surface area contributed by atoms with Gasteiger partial charge < -0.3 is 9.97 Å². The van der Waals surface area contributed by atoms with Gasteiger partial charge in [-0.2, -0.15) is 0 Å². The molecule has 0 aliphatic carbocycles. The predicted molar refractivity (Wildman–Crippen MR) is 99.8 cm³/mol. The number of aryl methyl sites for hydroxylation is 1. The Morgan fingerprint density at radius 1 is 1.32 bits per heavy atom. The van der Waals surface area contributed by atoms with Gasteiger partial charge in [0.2, 0.25) is 0 Å². The summed E-state index contributed by atoms with van der Waals surface area (Å²) in [4.78, 5) is 25.8. The van der Waals surface area contributed by atoms with E-state index in [4.69, 9.17) is 0 Å². The molecule has 0 atom stereocenters. The topological polar surface area (TPSA) is 64.8 Å². The minimum absolute atomic E-state index is 0.0215. The maximum atomic E-state index is 12.5. The van der Waals surface area contributed by atoms with E-state index in [1.165, 1.54) is 22.0 Å². The fourth-order valence-corrected chi connectivity index (χ4v) is 3.57. The van der Waals surface area contributed by atoms with Crippen LogP contribution in [0.2, 0.25) is 0 Å². The van der Waals surface area contributed by atoms with Gasteiger partial charge in [-0.3, -0.25) is 9.69 Å². The zero-order valence-corrected chi connectivity index (χ0v) is 15.0. The molecule has 1 aliphatic heterocycles. The summed E-state index contributed by atoms with van der Waals surface area (Å²) in [6.07, 6.45) is 2.92. The first-order valence-corrected chi connectivity index (χ1v) is 8.92. The smallest absolute Gasteiger partial charge is 0.255 e. The van der Waals surface area contributed by atoms with Crippen molar-refractivity contribution in [2.75, 3.05) is 6.54 Å². The van der Waals surface area contributed by atoms with E-state index in [0.29, 0.717) is 6.54 Å². The van der Waals surface area contributed by atoms with Gasteiger partial charge in [0.05, 0.1) is 11.3 Å². The van der Waals surface area contributed by atoms with Gasteiger partial charge in [-0.05, 0) is 24.6 Å². The standard InChI is InChI=1S/C20H24N4O/c1-12(2)19-22-18-6-7-24(11-16(18)20(25)23-19)10-14-9-21-17-5-4-13(3)8-15(14)17/h4-5,8-9,12,21H,6-7,10-11H2,1-3H3,(H,22,23,25). The maximum absolute atomic E-state index is 12.5. The van der Waals surface area contributed by atoms with Crippen molar-refractivity contribution in [3.63, 3.8) is 0 Å². The molecular weight excluding hydrogens is 312 g/mol. The van der Waals surface area contributed by atoms with Crippen molar-refractivity contribution in [1.82, 2.24) is 19.9 Å². The van der Waals surface area contributed by atoms with Gasteiger partial charge in [0, 0.05) is 49.1 Å². The van der Waals surface area contributed by atoms with E-state index < -0.39 is 0 Å². The Hall–Kier alpha value is -2.40. The van der Waals surface area contributed by atoms with Crippen LogP contribution in [0.5, 0.6) is 0 Å².